The molecule has 2 heterocycles. The van der Waals surface area contributed by atoms with Gasteiger partial charge in [-0.1, -0.05) is 25.0 Å². The molecule has 7 nitrogen and oxygen atoms in total. The highest BCUT2D eigenvalue weighted by molar-refractivity contribution is 5.88. The van der Waals surface area contributed by atoms with Gasteiger partial charge >= 0.3 is 6.03 Å². The Morgan fingerprint density at radius 3 is 2.71 bits per heavy atom. The number of amides is 2. The lowest BCUT2D eigenvalue weighted by Crippen LogP contribution is -2.29. The van der Waals surface area contributed by atoms with Crippen molar-refractivity contribution in [3.8, 4) is 0 Å². The number of anilines is 1. The number of rotatable bonds is 6. The Bertz CT molecular complexity index is 926. The molecule has 2 amide bonds. The molecule has 0 atom stereocenters. The number of nitrogens with zero attached hydrogens (tertiary/aromatic N) is 4. The largest absolute Gasteiger partial charge is 0.332 e. The minimum Gasteiger partial charge on any atom is -0.332 e. The SMILES string of the molecule is O=C(NCc1ccn(C2CCCC2)n1)Nc1ccnn1Cc1ccc(F)cc1. The lowest BCUT2D eigenvalue weighted by atomic mass is 10.2. The van der Waals surface area contributed by atoms with Gasteiger partial charge in [0.15, 0.2) is 0 Å². The van der Waals surface area contributed by atoms with Gasteiger partial charge in [-0.3, -0.25) is 10.00 Å². The van der Waals surface area contributed by atoms with Gasteiger partial charge in [0.05, 0.1) is 31.0 Å². The van der Waals surface area contributed by atoms with Crippen molar-refractivity contribution in [3.05, 3.63) is 65.9 Å². The van der Waals surface area contributed by atoms with Crippen molar-refractivity contribution in [2.24, 2.45) is 0 Å². The Hall–Kier alpha value is -3.16. The van der Waals surface area contributed by atoms with E-state index in [9.17, 15) is 9.18 Å². The Labute approximate surface area is 162 Å². The van der Waals surface area contributed by atoms with Crippen LogP contribution >= 0.6 is 0 Å². The van der Waals surface area contributed by atoms with Crippen LogP contribution < -0.4 is 10.6 Å². The van der Waals surface area contributed by atoms with E-state index in [1.54, 1.807) is 29.1 Å². The first-order valence-corrected chi connectivity index (χ1v) is 9.52. The number of hydrogen-bond donors (Lipinski definition) is 2. The van der Waals surface area contributed by atoms with Crippen LogP contribution in [0, 0.1) is 5.82 Å². The normalized spacial score (nSPS) is 14.3. The summed E-state index contributed by atoms with van der Waals surface area (Å²) in [6, 6.07) is 10.0. The van der Waals surface area contributed by atoms with Crippen LogP contribution in [0.1, 0.15) is 43.0 Å². The fourth-order valence-corrected chi connectivity index (χ4v) is 3.50. The molecule has 28 heavy (non-hydrogen) atoms. The van der Waals surface area contributed by atoms with Crippen molar-refractivity contribution < 1.29 is 9.18 Å². The standard InChI is InChI=1S/C20H23FN6O/c21-16-7-5-15(6-8-16)14-27-19(9-11-23-27)24-20(28)22-13-17-10-12-26(25-17)18-3-1-2-4-18/h5-12,18H,1-4,13-14H2,(H2,22,24,28). The molecule has 0 bridgehead atoms. The zero-order chi connectivity index (χ0) is 19.3. The van der Waals surface area contributed by atoms with Crippen LogP contribution in [0.15, 0.2) is 48.8 Å². The van der Waals surface area contributed by atoms with E-state index in [-0.39, 0.29) is 11.8 Å². The van der Waals surface area contributed by atoms with E-state index >= 15 is 0 Å². The van der Waals surface area contributed by atoms with E-state index in [2.05, 4.69) is 20.8 Å². The fourth-order valence-electron chi connectivity index (χ4n) is 3.50. The Morgan fingerprint density at radius 1 is 1.14 bits per heavy atom. The highest BCUT2D eigenvalue weighted by atomic mass is 19.1. The Morgan fingerprint density at radius 2 is 1.93 bits per heavy atom. The highest BCUT2D eigenvalue weighted by Crippen LogP contribution is 2.28. The van der Waals surface area contributed by atoms with Crippen molar-refractivity contribution in [1.29, 1.82) is 0 Å². The molecule has 1 fully saturated rings. The third-order valence-corrected chi connectivity index (χ3v) is 5.00. The molecule has 1 saturated carbocycles. The molecule has 1 aliphatic rings. The Balaban J connectivity index is 1.30. The molecule has 0 spiro atoms. The van der Waals surface area contributed by atoms with Gasteiger partial charge in [0.2, 0.25) is 0 Å². The van der Waals surface area contributed by atoms with Crippen molar-refractivity contribution >= 4 is 11.8 Å². The van der Waals surface area contributed by atoms with E-state index in [4.69, 9.17) is 0 Å². The van der Waals surface area contributed by atoms with Crippen LogP contribution in [-0.4, -0.2) is 25.6 Å². The smallest absolute Gasteiger partial charge is 0.320 e. The summed E-state index contributed by atoms with van der Waals surface area (Å²) in [6.07, 6.45) is 8.46. The first-order valence-electron chi connectivity index (χ1n) is 9.52. The number of nitrogens with one attached hydrogen (secondary N) is 2. The minimum absolute atomic E-state index is 0.280. The predicted octanol–water partition coefficient (Wildman–Crippen LogP) is 3.70. The number of carbonyl (C=O) groups excluding carboxylic acids is 1. The van der Waals surface area contributed by atoms with E-state index in [1.807, 2.05) is 16.9 Å². The average molecular weight is 382 g/mol. The monoisotopic (exact) mass is 382 g/mol. The highest BCUT2D eigenvalue weighted by Gasteiger charge is 2.17. The van der Waals surface area contributed by atoms with Gasteiger partial charge in [0, 0.05) is 12.3 Å². The van der Waals surface area contributed by atoms with E-state index in [0.717, 1.165) is 11.3 Å². The lowest BCUT2D eigenvalue weighted by Gasteiger charge is -2.10. The summed E-state index contributed by atoms with van der Waals surface area (Å²) in [5.41, 5.74) is 1.73. The van der Waals surface area contributed by atoms with Crippen LogP contribution in [0.4, 0.5) is 15.0 Å². The number of benzene rings is 1. The summed E-state index contributed by atoms with van der Waals surface area (Å²) in [4.78, 5) is 12.2. The third-order valence-electron chi connectivity index (χ3n) is 5.00. The van der Waals surface area contributed by atoms with Crippen LogP contribution in [0.25, 0.3) is 0 Å². The van der Waals surface area contributed by atoms with Crippen LogP contribution in [0.2, 0.25) is 0 Å². The zero-order valence-electron chi connectivity index (χ0n) is 15.5. The summed E-state index contributed by atoms with van der Waals surface area (Å²) in [7, 11) is 0. The number of urea groups is 1. The molecule has 2 aromatic heterocycles. The van der Waals surface area contributed by atoms with Gasteiger partial charge in [-0.15, -0.1) is 0 Å². The minimum atomic E-state index is -0.323. The van der Waals surface area contributed by atoms with Crippen molar-refractivity contribution in [2.45, 2.75) is 44.8 Å². The molecule has 0 unspecified atom stereocenters. The third kappa shape index (κ3) is 4.39. The molecule has 4 rings (SSSR count). The Kier molecular flexibility index (Phi) is 5.36. The number of halogens is 1. The maximum absolute atomic E-state index is 13.0. The topological polar surface area (TPSA) is 76.8 Å². The van der Waals surface area contributed by atoms with Crippen molar-refractivity contribution in [1.82, 2.24) is 24.9 Å². The number of carbonyl (C=O) groups is 1. The maximum Gasteiger partial charge on any atom is 0.320 e. The van der Waals surface area contributed by atoms with E-state index in [0.29, 0.717) is 24.9 Å². The molecular weight excluding hydrogens is 359 g/mol. The molecule has 0 saturated heterocycles. The average Bonchev–Trinajstić information content (AvgIpc) is 3.44. The molecule has 146 valence electrons. The first kappa shape index (κ1) is 18.2. The quantitative estimate of drug-likeness (QED) is 0.682. The van der Waals surface area contributed by atoms with Gasteiger partial charge < -0.3 is 5.32 Å². The van der Waals surface area contributed by atoms with Crippen molar-refractivity contribution in [3.63, 3.8) is 0 Å². The number of hydrogen-bond acceptors (Lipinski definition) is 3. The van der Waals surface area contributed by atoms with E-state index in [1.165, 1.54) is 37.8 Å². The summed E-state index contributed by atoms with van der Waals surface area (Å²) < 4.78 is 16.7. The maximum atomic E-state index is 13.0. The molecule has 1 aliphatic carbocycles. The fraction of sp³-hybridized carbons (Fsp3) is 0.350. The summed E-state index contributed by atoms with van der Waals surface area (Å²) in [5.74, 6) is 0.288. The second-order valence-electron chi connectivity index (χ2n) is 7.03. The van der Waals surface area contributed by atoms with Crippen LogP contribution in [-0.2, 0) is 13.1 Å². The summed E-state index contributed by atoms with van der Waals surface area (Å²) in [5, 5.41) is 14.4. The van der Waals surface area contributed by atoms with Crippen LogP contribution in [0.5, 0.6) is 0 Å². The molecular formula is C20H23FN6O. The zero-order valence-corrected chi connectivity index (χ0v) is 15.5. The molecule has 0 aliphatic heterocycles. The molecule has 3 aromatic rings. The molecule has 1 aromatic carbocycles. The molecule has 0 radical (unpaired) electrons. The van der Waals surface area contributed by atoms with Gasteiger partial charge in [0.1, 0.15) is 11.6 Å². The summed E-state index contributed by atoms with van der Waals surface area (Å²) >= 11 is 0. The molecule has 2 N–H and O–H groups in total. The predicted molar refractivity (Wildman–Crippen MR) is 103 cm³/mol. The lowest BCUT2D eigenvalue weighted by molar-refractivity contribution is 0.251. The second kappa shape index (κ2) is 8.24. The van der Waals surface area contributed by atoms with Gasteiger partial charge in [-0.05, 0) is 36.6 Å². The second-order valence-corrected chi connectivity index (χ2v) is 7.03. The van der Waals surface area contributed by atoms with Crippen molar-refractivity contribution in [2.75, 3.05) is 5.32 Å². The van der Waals surface area contributed by atoms with E-state index < -0.39 is 0 Å². The summed E-state index contributed by atoms with van der Waals surface area (Å²) in [6.45, 7) is 0.798. The molecule has 8 heteroatoms. The van der Waals surface area contributed by atoms with Crippen LogP contribution in [0.3, 0.4) is 0 Å². The first-order chi connectivity index (χ1) is 13.7. The van der Waals surface area contributed by atoms with Gasteiger partial charge in [0.25, 0.3) is 0 Å². The number of aromatic nitrogens is 4. The van der Waals surface area contributed by atoms with Gasteiger partial charge in [-0.2, -0.15) is 10.2 Å². The van der Waals surface area contributed by atoms with Gasteiger partial charge in [-0.25, -0.2) is 13.9 Å².